The molecule has 0 aliphatic heterocycles. The van der Waals surface area contributed by atoms with E-state index in [4.69, 9.17) is 4.74 Å². The number of nitrogens with zero attached hydrogens (tertiary/aromatic N) is 2. The predicted octanol–water partition coefficient (Wildman–Crippen LogP) is 2.31. The molecule has 1 aromatic heterocycles. The highest BCUT2D eigenvalue weighted by atomic mass is 16.6. The average molecular weight is 266 g/mol. The van der Waals surface area contributed by atoms with Gasteiger partial charge in [-0.05, 0) is 34.4 Å². The first-order chi connectivity index (χ1) is 9.16. The second-order valence-corrected chi connectivity index (χ2v) is 4.93. The zero-order valence-electron chi connectivity index (χ0n) is 10.7. The summed E-state index contributed by atoms with van der Waals surface area (Å²) in [5, 5.41) is 20.6. The topological polar surface area (TPSA) is 85.5 Å². The number of nitro groups is 1. The van der Waals surface area contributed by atoms with Crippen LogP contribution in [0.2, 0.25) is 0 Å². The van der Waals surface area contributed by atoms with Crippen LogP contribution in [0.3, 0.4) is 0 Å². The van der Waals surface area contributed by atoms with Crippen molar-refractivity contribution in [3.63, 3.8) is 0 Å². The van der Waals surface area contributed by atoms with Crippen LogP contribution in [-0.2, 0) is 0 Å². The summed E-state index contributed by atoms with van der Waals surface area (Å²) in [4.78, 5) is 13.8. The number of rotatable bonds is 6. The highest BCUT2D eigenvalue weighted by Crippen LogP contribution is 2.29. The van der Waals surface area contributed by atoms with Crippen molar-refractivity contribution < 1.29 is 14.8 Å². The molecule has 1 aliphatic carbocycles. The van der Waals surface area contributed by atoms with E-state index in [0.717, 1.165) is 12.8 Å². The number of pyridine rings is 1. The van der Waals surface area contributed by atoms with Crippen molar-refractivity contribution in [2.75, 3.05) is 6.61 Å². The molecule has 6 heteroatoms. The molecular formula is C13H18N2O4. The molecule has 0 saturated heterocycles. The Bertz CT molecular complexity index is 432. The zero-order valence-corrected chi connectivity index (χ0v) is 10.7. The maximum absolute atomic E-state index is 10.7. The molecule has 1 unspecified atom stereocenters. The number of ether oxygens (including phenoxy) is 1. The van der Waals surface area contributed by atoms with Gasteiger partial charge in [0.15, 0.2) is 0 Å². The second-order valence-electron chi connectivity index (χ2n) is 4.93. The molecule has 1 atom stereocenters. The lowest BCUT2D eigenvalue weighted by Crippen LogP contribution is -2.20. The van der Waals surface area contributed by atoms with Crippen LogP contribution in [-0.4, -0.2) is 27.7 Å². The van der Waals surface area contributed by atoms with Crippen LogP contribution in [0, 0.1) is 16.0 Å². The first-order valence-electron chi connectivity index (χ1n) is 6.57. The van der Waals surface area contributed by atoms with Crippen LogP contribution in [0.5, 0.6) is 5.75 Å². The third kappa shape index (κ3) is 3.89. The summed E-state index contributed by atoms with van der Waals surface area (Å²) in [6.07, 6.45) is 6.24. The van der Waals surface area contributed by atoms with Crippen LogP contribution < -0.4 is 4.74 Å². The van der Waals surface area contributed by atoms with Crippen molar-refractivity contribution in [1.82, 2.24) is 4.98 Å². The van der Waals surface area contributed by atoms with E-state index in [-0.39, 0.29) is 18.2 Å². The third-order valence-corrected chi connectivity index (χ3v) is 3.44. The Morgan fingerprint density at radius 2 is 2.26 bits per heavy atom. The van der Waals surface area contributed by atoms with Crippen molar-refractivity contribution in [2.45, 2.75) is 38.2 Å². The minimum Gasteiger partial charge on any atom is -0.483 e. The molecule has 1 heterocycles. The molecular weight excluding hydrogens is 248 g/mol. The standard InChI is InChI=1S/C13H18N2O4/c16-11(8-10-4-1-2-5-10)9-19-12-6-3-7-14-13(12)15(17)18/h3,6-7,10-11,16H,1-2,4-5,8-9H2. The molecule has 2 rings (SSSR count). The molecule has 0 aromatic carbocycles. The van der Waals surface area contributed by atoms with Gasteiger partial charge in [-0.25, -0.2) is 0 Å². The summed E-state index contributed by atoms with van der Waals surface area (Å²) >= 11 is 0. The van der Waals surface area contributed by atoms with Crippen LogP contribution in [0.1, 0.15) is 32.1 Å². The van der Waals surface area contributed by atoms with Crippen molar-refractivity contribution in [1.29, 1.82) is 0 Å². The summed E-state index contributed by atoms with van der Waals surface area (Å²) in [6, 6.07) is 3.07. The monoisotopic (exact) mass is 266 g/mol. The van der Waals surface area contributed by atoms with E-state index in [2.05, 4.69) is 4.98 Å². The zero-order chi connectivity index (χ0) is 13.7. The fourth-order valence-corrected chi connectivity index (χ4v) is 2.52. The van der Waals surface area contributed by atoms with Gasteiger partial charge in [0.2, 0.25) is 5.75 Å². The van der Waals surface area contributed by atoms with Gasteiger partial charge in [0, 0.05) is 0 Å². The lowest BCUT2D eigenvalue weighted by Gasteiger charge is -2.15. The van der Waals surface area contributed by atoms with Gasteiger partial charge in [-0.3, -0.25) is 0 Å². The van der Waals surface area contributed by atoms with E-state index < -0.39 is 11.0 Å². The molecule has 19 heavy (non-hydrogen) atoms. The van der Waals surface area contributed by atoms with Gasteiger partial charge < -0.3 is 20.0 Å². The number of aliphatic hydroxyl groups is 1. The fourth-order valence-electron chi connectivity index (χ4n) is 2.52. The smallest absolute Gasteiger partial charge is 0.406 e. The van der Waals surface area contributed by atoms with Gasteiger partial charge >= 0.3 is 5.82 Å². The predicted molar refractivity (Wildman–Crippen MR) is 69.0 cm³/mol. The minimum atomic E-state index is -0.585. The molecule has 0 bridgehead atoms. The van der Waals surface area contributed by atoms with Crippen LogP contribution in [0.4, 0.5) is 5.82 Å². The quantitative estimate of drug-likeness (QED) is 0.630. The van der Waals surface area contributed by atoms with E-state index in [1.165, 1.54) is 25.1 Å². The van der Waals surface area contributed by atoms with Crippen LogP contribution in [0.25, 0.3) is 0 Å². The maximum atomic E-state index is 10.7. The number of aliphatic hydroxyl groups excluding tert-OH is 1. The SMILES string of the molecule is O=[N+]([O-])c1ncccc1OCC(O)CC1CCCC1. The van der Waals surface area contributed by atoms with E-state index in [9.17, 15) is 15.2 Å². The lowest BCUT2D eigenvalue weighted by atomic mass is 10.0. The summed E-state index contributed by atoms with van der Waals surface area (Å²) in [6.45, 7) is 0.0725. The van der Waals surface area contributed by atoms with Gasteiger partial charge in [-0.2, -0.15) is 0 Å². The summed E-state index contributed by atoms with van der Waals surface area (Å²) in [5.74, 6) is 0.357. The Morgan fingerprint density at radius 3 is 2.95 bits per heavy atom. The normalized spacial score (nSPS) is 17.3. The van der Waals surface area contributed by atoms with E-state index in [1.807, 2.05) is 0 Å². The van der Waals surface area contributed by atoms with Crippen molar-refractivity contribution >= 4 is 5.82 Å². The van der Waals surface area contributed by atoms with Gasteiger partial charge in [-0.1, -0.05) is 25.7 Å². The van der Waals surface area contributed by atoms with E-state index >= 15 is 0 Å². The molecule has 1 saturated carbocycles. The maximum Gasteiger partial charge on any atom is 0.406 e. The molecule has 0 amide bonds. The first kappa shape index (κ1) is 13.7. The lowest BCUT2D eigenvalue weighted by molar-refractivity contribution is -0.390. The summed E-state index contributed by atoms with van der Waals surface area (Å²) < 4.78 is 5.32. The van der Waals surface area contributed by atoms with Crippen LogP contribution >= 0.6 is 0 Å². The third-order valence-electron chi connectivity index (χ3n) is 3.44. The largest absolute Gasteiger partial charge is 0.483 e. The highest BCUT2D eigenvalue weighted by Gasteiger charge is 2.21. The molecule has 1 fully saturated rings. The Balaban J connectivity index is 1.85. The van der Waals surface area contributed by atoms with Gasteiger partial charge in [0.1, 0.15) is 12.8 Å². The molecule has 1 aromatic rings. The molecule has 0 spiro atoms. The second kappa shape index (κ2) is 6.47. The highest BCUT2D eigenvalue weighted by molar-refractivity contribution is 5.38. The molecule has 1 N–H and O–H groups in total. The van der Waals surface area contributed by atoms with Crippen LogP contribution in [0.15, 0.2) is 18.3 Å². The van der Waals surface area contributed by atoms with E-state index in [0.29, 0.717) is 12.3 Å². The Morgan fingerprint density at radius 1 is 1.53 bits per heavy atom. The van der Waals surface area contributed by atoms with E-state index in [1.54, 1.807) is 6.07 Å². The number of aromatic nitrogens is 1. The molecule has 1 aliphatic rings. The van der Waals surface area contributed by atoms with Crippen molar-refractivity contribution in [3.8, 4) is 5.75 Å². The molecule has 0 radical (unpaired) electrons. The van der Waals surface area contributed by atoms with Gasteiger partial charge in [0.25, 0.3) is 0 Å². The Kier molecular flexibility index (Phi) is 4.68. The minimum absolute atomic E-state index is 0.0725. The fraction of sp³-hybridized carbons (Fsp3) is 0.615. The Labute approximate surface area is 111 Å². The number of hydrogen-bond donors (Lipinski definition) is 1. The average Bonchev–Trinajstić information content (AvgIpc) is 2.89. The Hall–Kier alpha value is -1.69. The van der Waals surface area contributed by atoms with Crippen molar-refractivity contribution in [3.05, 3.63) is 28.4 Å². The van der Waals surface area contributed by atoms with Gasteiger partial charge in [-0.15, -0.1) is 0 Å². The summed E-state index contributed by atoms with van der Waals surface area (Å²) in [7, 11) is 0. The number of hydrogen-bond acceptors (Lipinski definition) is 5. The molecule has 6 nitrogen and oxygen atoms in total. The van der Waals surface area contributed by atoms with Gasteiger partial charge in [0.05, 0.1) is 6.10 Å². The van der Waals surface area contributed by atoms with Crippen molar-refractivity contribution in [2.24, 2.45) is 5.92 Å². The summed E-state index contributed by atoms with van der Waals surface area (Å²) in [5.41, 5.74) is 0. The first-order valence-corrected chi connectivity index (χ1v) is 6.57. The molecule has 104 valence electrons.